The van der Waals surface area contributed by atoms with E-state index < -0.39 is 0 Å². The second kappa shape index (κ2) is 9.92. The van der Waals surface area contributed by atoms with Crippen molar-refractivity contribution in [3.63, 3.8) is 0 Å². The van der Waals surface area contributed by atoms with Gasteiger partial charge in [-0.05, 0) is 69.2 Å². The van der Waals surface area contributed by atoms with Crippen molar-refractivity contribution in [2.45, 2.75) is 39.8 Å². The number of aryl methyl sites for hydroxylation is 2. The molecule has 2 heterocycles. The summed E-state index contributed by atoms with van der Waals surface area (Å²) in [5.74, 6) is 0.891. The lowest BCUT2D eigenvalue weighted by Gasteiger charge is -2.15. The van der Waals surface area contributed by atoms with Gasteiger partial charge in [0.1, 0.15) is 12.4 Å². The second-order valence-corrected chi connectivity index (χ2v) is 8.22. The van der Waals surface area contributed by atoms with Crippen LogP contribution in [0.15, 0.2) is 48.5 Å². The molecule has 28 heavy (non-hydrogen) atoms. The van der Waals surface area contributed by atoms with Gasteiger partial charge in [-0.3, -0.25) is 0 Å². The molecule has 0 unspecified atom stereocenters. The van der Waals surface area contributed by atoms with Crippen molar-refractivity contribution < 1.29 is 9.47 Å². The first-order chi connectivity index (χ1) is 13.6. The monoisotopic (exact) mass is 398 g/mol. The lowest BCUT2D eigenvalue weighted by molar-refractivity contribution is 0.0694. The molecule has 0 saturated heterocycles. The number of nitrogens with two attached hydrogens (primary N) is 1. The topological polar surface area (TPSA) is 49.4 Å². The molecule has 150 valence electrons. The number of rotatable bonds is 10. The fourth-order valence-corrected chi connectivity index (χ4v) is 4.24. The smallest absolute Gasteiger partial charge is 0.119 e. The maximum atomic E-state index is 5.99. The van der Waals surface area contributed by atoms with Gasteiger partial charge >= 0.3 is 0 Å². The Balaban J connectivity index is 1.56. The summed E-state index contributed by atoms with van der Waals surface area (Å²) < 4.78 is 14.0. The van der Waals surface area contributed by atoms with Gasteiger partial charge in [0.2, 0.25) is 0 Å². The molecule has 0 aliphatic heterocycles. The van der Waals surface area contributed by atoms with E-state index in [1.54, 1.807) is 0 Å². The van der Waals surface area contributed by atoms with Crippen LogP contribution in [0.3, 0.4) is 0 Å². The van der Waals surface area contributed by atoms with Crippen LogP contribution < -0.4 is 10.5 Å². The minimum atomic E-state index is 0.0767. The molecule has 1 aromatic carbocycles. The third kappa shape index (κ3) is 5.25. The minimum absolute atomic E-state index is 0.0767. The zero-order chi connectivity index (χ0) is 19.9. The number of ether oxygens (including phenoxy) is 2. The van der Waals surface area contributed by atoms with Gasteiger partial charge in [-0.2, -0.15) is 0 Å². The van der Waals surface area contributed by atoms with Crippen LogP contribution in [-0.4, -0.2) is 30.4 Å². The van der Waals surface area contributed by atoms with E-state index in [1.807, 2.05) is 30.4 Å². The SMILES string of the molecule is CCO[C@H](CN)Cc1ccc(OCCn2c(C)ccc2-c2ccc(C)s2)cc1. The van der Waals surface area contributed by atoms with Crippen LogP contribution >= 0.6 is 11.3 Å². The van der Waals surface area contributed by atoms with Crippen molar-refractivity contribution in [2.75, 3.05) is 19.8 Å². The van der Waals surface area contributed by atoms with Crippen LogP contribution in [0.4, 0.5) is 0 Å². The van der Waals surface area contributed by atoms with E-state index in [-0.39, 0.29) is 6.10 Å². The molecule has 0 radical (unpaired) electrons. The van der Waals surface area contributed by atoms with Crippen LogP contribution in [0.5, 0.6) is 5.75 Å². The van der Waals surface area contributed by atoms with Gasteiger partial charge in [0.05, 0.1) is 23.2 Å². The van der Waals surface area contributed by atoms with Crippen molar-refractivity contribution in [3.8, 4) is 16.3 Å². The summed E-state index contributed by atoms with van der Waals surface area (Å²) in [6.07, 6.45) is 0.907. The molecule has 4 nitrogen and oxygen atoms in total. The van der Waals surface area contributed by atoms with Crippen molar-refractivity contribution in [3.05, 3.63) is 64.7 Å². The molecular weight excluding hydrogens is 368 g/mol. The molecule has 0 aliphatic rings. The van der Waals surface area contributed by atoms with E-state index in [0.717, 1.165) is 18.7 Å². The number of thiophene rings is 1. The lowest BCUT2D eigenvalue weighted by Crippen LogP contribution is -2.26. The third-order valence-corrected chi connectivity index (χ3v) is 5.85. The zero-order valence-electron chi connectivity index (χ0n) is 17.0. The highest BCUT2D eigenvalue weighted by Gasteiger charge is 2.10. The largest absolute Gasteiger partial charge is 0.492 e. The Morgan fingerprint density at radius 2 is 1.82 bits per heavy atom. The summed E-state index contributed by atoms with van der Waals surface area (Å²) in [4.78, 5) is 2.64. The van der Waals surface area contributed by atoms with Crippen LogP contribution in [-0.2, 0) is 17.7 Å². The van der Waals surface area contributed by atoms with Crippen LogP contribution in [0.25, 0.3) is 10.6 Å². The molecule has 2 aromatic heterocycles. The summed E-state index contributed by atoms with van der Waals surface area (Å²) in [6.45, 7) is 8.97. The average Bonchev–Trinajstić information content (AvgIpc) is 3.28. The van der Waals surface area contributed by atoms with Gasteiger partial charge in [0.25, 0.3) is 0 Å². The number of hydrogen-bond donors (Lipinski definition) is 1. The Labute approximate surface area is 171 Å². The quantitative estimate of drug-likeness (QED) is 0.533. The predicted molar refractivity (Wildman–Crippen MR) is 117 cm³/mol. The highest BCUT2D eigenvalue weighted by atomic mass is 32.1. The second-order valence-electron chi connectivity index (χ2n) is 6.93. The molecule has 2 N–H and O–H groups in total. The summed E-state index contributed by atoms with van der Waals surface area (Å²) in [7, 11) is 0. The number of hydrogen-bond acceptors (Lipinski definition) is 4. The average molecular weight is 399 g/mol. The molecule has 1 atom stereocenters. The lowest BCUT2D eigenvalue weighted by atomic mass is 10.1. The molecule has 0 fully saturated rings. The minimum Gasteiger partial charge on any atom is -0.492 e. The number of aromatic nitrogens is 1. The van der Waals surface area contributed by atoms with Gasteiger partial charge in [0, 0.05) is 23.7 Å². The van der Waals surface area contributed by atoms with Crippen molar-refractivity contribution >= 4 is 11.3 Å². The van der Waals surface area contributed by atoms with E-state index in [0.29, 0.717) is 19.8 Å². The molecular formula is C23H30N2O2S. The van der Waals surface area contributed by atoms with Gasteiger partial charge in [-0.15, -0.1) is 11.3 Å². The Hall–Kier alpha value is -2.08. The van der Waals surface area contributed by atoms with E-state index in [4.69, 9.17) is 15.2 Å². The fraction of sp³-hybridized carbons (Fsp3) is 0.391. The molecule has 5 heteroatoms. The first kappa shape index (κ1) is 20.6. The zero-order valence-corrected chi connectivity index (χ0v) is 17.8. The molecule has 0 spiro atoms. The number of nitrogens with zero attached hydrogens (tertiary/aromatic N) is 1. The Morgan fingerprint density at radius 3 is 2.46 bits per heavy atom. The highest BCUT2D eigenvalue weighted by Crippen LogP contribution is 2.29. The Bertz CT molecular complexity index is 867. The van der Waals surface area contributed by atoms with Crippen molar-refractivity contribution in [2.24, 2.45) is 5.73 Å². The summed E-state index contributed by atoms with van der Waals surface area (Å²) in [5, 5.41) is 0. The normalized spacial score (nSPS) is 12.3. The van der Waals surface area contributed by atoms with E-state index in [1.165, 1.54) is 26.7 Å². The highest BCUT2D eigenvalue weighted by molar-refractivity contribution is 7.15. The first-order valence-electron chi connectivity index (χ1n) is 9.87. The number of benzene rings is 1. The molecule has 3 rings (SSSR count). The predicted octanol–water partition coefficient (Wildman–Crippen LogP) is 4.82. The molecule has 0 aliphatic carbocycles. The van der Waals surface area contributed by atoms with E-state index in [2.05, 4.69) is 54.8 Å². The van der Waals surface area contributed by atoms with Gasteiger partial charge in [-0.25, -0.2) is 0 Å². The van der Waals surface area contributed by atoms with Gasteiger partial charge in [-0.1, -0.05) is 12.1 Å². The molecule has 0 bridgehead atoms. The van der Waals surface area contributed by atoms with Crippen LogP contribution in [0.1, 0.15) is 23.1 Å². The summed E-state index contributed by atoms with van der Waals surface area (Å²) >= 11 is 1.83. The van der Waals surface area contributed by atoms with E-state index >= 15 is 0 Å². The third-order valence-electron chi connectivity index (χ3n) is 4.83. The molecule has 3 aromatic rings. The van der Waals surface area contributed by atoms with Crippen molar-refractivity contribution in [1.82, 2.24) is 4.57 Å². The van der Waals surface area contributed by atoms with Crippen molar-refractivity contribution in [1.29, 1.82) is 0 Å². The maximum absolute atomic E-state index is 5.99. The summed E-state index contributed by atoms with van der Waals surface area (Å²) in [6, 6.07) is 17.0. The van der Waals surface area contributed by atoms with Crippen LogP contribution in [0.2, 0.25) is 0 Å². The van der Waals surface area contributed by atoms with Gasteiger partial charge in [0.15, 0.2) is 0 Å². The Morgan fingerprint density at radius 1 is 1.04 bits per heavy atom. The van der Waals surface area contributed by atoms with E-state index in [9.17, 15) is 0 Å². The Kier molecular flexibility index (Phi) is 7.31. The van der Waals surface area contributed by atoms with Crippen LogP contribution in [0, 0.1) is 13.8 Å². The molecule has 0 amide bonds. The first-order valence-corrected chi connectivity index (χ1v) is 10.7. The standard InChI is InChI=1S/C23H30N2O2S/c1-4-26-21(16-24)15-19-7-9-20(10-8-19)27-14-13-25-17(2)5-11-22(25)23-12-6-18(3)28-23/h5-12,21H,4,13-16,24H2,1-3H3/t21-/m0/s1. The molecule has 0 saturated carbocycles. The summed E-state index contributed by atoms with van der Waals surface area (Å²) in [5.41, 5.74) is 9.50. The van der Waals surface area contributed by atoms with Gasteiger partial charge < -0.3 is 19.8 Å². The maximum Gasteiger partial charge on any atom is 0.119 e. The fourth-order valence-electron chi connectivity index (χ4n) is 3.34.